The first-order valence-corrected chi connectivity index (χ1v) is 30.7. The molecule has 0 saturated heterocycles. The summed E-state index contributed by atoms with van der Waals surface area (Å²) in [5.74, 6) is 1.73. The van der Waals surface area contributed by atoms with Crippen LogP contribution < -0.4 is 0 Å². The third-order valence-corrected chi connectivity index (χ3v) is 14.9. The Balaban J connectivity index is 4.21. The van der Waals surface area contributed by atoms with E-state index in [4.69, 9.17) is 14.2 Å². The van der Waals surface area contributed by atoms with E-state index in [0.29, 0.717) is 19.3 Å². The molecule has 0 rings (SSSR count). The van der Waals surface area contributed by atoms with E-state index in [2.05, 4.69) is 41.5 Å². The van der Waals surface area contributed by atoms with Crippen molar-refractivity contribution >= 4 is 17.9 Å². The molecule has 0 spiro atoms. The van der Waals surface area contributed by atoms with Crippen LogP contribution in [0.25, 0.3) is 0 Å². The molecule has 2 unspecified atom stereocenters. The van der Waals surface area contributed by atoms with Gasteiger partial charge in [0.1, 0.15) is 13.2 Å². The van der Waals surface area contributed by atoms with Gasteiger partial charge in [0.05, 0.1) is 0 Å². The molecule has 404 valence electrons. The van der Waals surface area contributed by atoms with E-state index < -0.39 is 6.10 Å². The molecule has 0 aliphatic heterocycles. The molecule has 0 radical (unpaired) electrons. The molecular weight excluding hydrogens is 841 g/mol. The number of rotatable bonds is 55. The zero-order chi connectivity index (χ0) is 49.8. The van der Waals surface area contributed by atoms with Crippen molar-refractivity contribution in [2.75, 3.05) is 13.2 Å². The molecule has 0 saturated carbocycles. The summed E-state index contributed by atoms with van der Waals surface area (Å²) in [5, 5.41) is 0. The summed E-state index contributed by atoms with van der Waals surface area (Å²) < 4.78 is 16.9. The van der Waals surface area contributed by atoms with Crippen LogP contribution in [0.5, 0.6) is 0 Å². The Hall–Kier alpha value is -1.59. The maximum Gasteiger partial charge on any atom is 0.306 e. The van der Waals surface area contributed by atoms with Gasteiger partial charge in [0.15, 0.2) is 6.10 Å². The van der Waals surface area contributed by atoms with E-state index in [0.717, 1.165) is 75.5 Å². The van der Waals surface area contributed by atoms with Gasteiger partial charge in [-0.3, -0.25) is 14.4 Å². The van der Waals surface area contributed by atoms with E-state index in [-0.39, 0.29) is 31.1 Å². The Kier molecular flexibility index (Phi) is 52.0. The topological polar surface area (TPSA) is 78.9 Å². The fourth-order valence-corrected chi connectivity index (χ4v) is 9.47. The van der Waals surface area contributed by atoms with Crippen LogP contribution >= 0.6 is 0 Å². The smallest absolute Gasteiger partial charge is 0.306 e. The maximum absolute atomic E-state index is 12.9. The summed E-state index contributed by atoms with van der Waals surface area (Å²) >= 11 is 0. The monoisotopic (exact) mass is 961 g/mol. The second kappa shape index (κ2) is 53.2. The Bertz CT molecular complexity index is 1060. The van der Waals surface area contributed by atoms with Crippen molar-refractivity contribution in [3.8, 4) is 0 Å². The maximum atomic E-state index is 12.9. The number of unbranched alkanes of at least 4 members (excludes halogenated alkanes) is 36. The first-order chi connectivity index (χ1) is 33.2. The van der Waals surface area contributed by atoms with Gasteiger partial charge in [-0.1, -0.05) is 305 Å². The van der Waals surface area contributed by atoms with Crippen LogP contribution in [0, 0.1) is 17.8 Å². The average Bonchev–Trinajstić information content (AvgIpc) is 3.33. The van der Waals surface area contributed by atoms with Gasteiger partial charge < -0.3 is 14.2 Å². The van der Waals surface area contributed by atoms with Gasteiger partial charge in [0.25, 0.3) is 0 Å². The van der Waals surface area contributed by atoms with Crippen LogP contribution in [0.1, 0.15) is 343 Å². The molecule has 0 bridgehead atoms. The summed E-state index contributed by atoms with van der Waals surface area (Å²) in [6.07, 6.45) is 56.7. The molecule has 6 heteroatoms. The van der Waals surface area contributed by atoms with Gasteiger partial charge in [0, 0.05) is 19.3 Å². The summed E-state index contributed by atoms with van der Waals surface area (Å²) in [5.41, 5.74) is 0. The average molecular weight is 962 g/mol. The molecule has 0 N–H and O–H groups in total. The summed E-state index contributed by atoms with van der Waals surface area (Å²) in [6, 6.07) is 0. The molecule has 68 heavy (non-hydrogen) atoms. The Morgan fingerprint density at radius 2 is 0.515 bits per heavy atom. The lowest BCUT2D eigenvalue weighted by atomic mass is 9.99. The fourth-order valence-electron chi connectivity index (χ4n) is 9.47. The van der Waals surface area contributed by atoms with Crippen LogP contribution in [-0.2, 0) is 28.6 Å². The SMILES string of the molecule is CCC(C)CCCCCCCCCCCCCCCCCCCCC(=O)O[C@H](COC(=O)CCCCCCCCCCCCCCCCCC(C)C)COC(=O)CCCCCCCCC(C)CC. The quantitative estimate of drug-likeness (QED) is 0.0343. The van der Waals surface area contributed by atoms with Gasteiger partial charge in [-0.15, -0.1) is 0 Å². The van der Waals surface area contributed by atoms with Crippen LogP contribution in [0.2, 0.25) is 0 Å². The summed E-state index contributed by atoms with van der Waals surface area (Å²) in [4.78, 5) is 38.2. The van der Waals surface area contributed by atoms with Gasteiger partial charge in [-0.05, 0) is 37.0 Å². The van der Waals surface area contributed by atoms with Crippen LogP contribution in [0.3, 0.4) is 0 Å². The number of ether oxygens (including phenoxy) is 3. The van der Waals surface area contributed by atoms with Crippen molar-refractivity contribution in [1.82, 2.24) is 0 Å². The van der Waals surface area contributed by atoms with E-state index in [1.165, 1.54) is 225 Å². The number of carbonyl (C=O) groups excluding carboxylic acids is 3. The minimum absolute atomic E-state index is 0.0639. The summed E-state index contributed by atoms with van der Waals surface area (Å²) in [6.45, 7) is 13.8. The molecule has 0 aliphatic rings. The highest BCUT2D eigenvalue weighted by Crippen LogP contribution is 2.19. The molecule has 0 aromatic carbocycles. The van der Waals surface area contributed by atoms with Gasteiger partial charge >= 0.3 is 17.9 Å². The van der Waals surface area contributed by atoms with E-state index in [1.807, 2.05) is 0 Å². The number of carbonyl (C=O) groups is 3. The third kappa shape index (κ3) is 52.2. The van der Waals surface area contributed by atoms with E-state index >= 15 is 0 Å². The van der Waals surface area contributed by atoms with Gasteiger partial charge in [-0.2, -0.15) is 0 Å². The number of hydrogen-bond donors (Lipinski definition) is 0. The fraction of sp³-hybridized carbons (Fsp3) is 0.952. The number of esters is 3. The van der Waals surface area contributed by atoms with Crippen molar-refractivity contribution in [2.24, 2.45) is 17.8 Å². The molecule has 0 amide bonds. The predicted molar refractivity (Wildman–Crippen MR) is 293 cm³/mol. The summed E-state index contributed by atoms with van der Waals surface area (Å²) in [7, 11) is 0. The highest BCUT2D eigenvalue weighted by molar-refractivity contribution is 5.71. The molecule has 0 aromatic rings. The molecular formula is C62H120O6. The number of hydrogen-bond acceptors (Lipinski definition) is 6. The van der Waals surface area contributed by atoms with E-state index in [9.17, 15) is 14.4 Å². The van der Waals surface area contributed by atoms with Gasteiger partial charge in [-0.25, -0.2) is 0 Å². The second-order valence-corrected chi connectivity index (χ2v) is 22.3. The minimum Gasteiger partial charge on any atom is -0.462 e. The Morgan fingerprint density at radius 1 is 0.294 bits per heavy atom. The lowest BCUT2D eigenvalue weighted by Crippen LogP contribution is -2.30. The molecule has 3 atom stereocenters. The van der Waals surface area contributed by atoms with Crippen molar-refractivity contribution in [2.45, 2.75) is 349 Å². The zero-order valence-corrected chi connectivity index (χ0v) is 46.9. The van der Waals surface area contributed by atoms with Crippen molar-refractivity contribution in [3.63, 3.8) is 0 Å². The third-order valence-electron chi connectivity index (χ3n) is 14.9. The first kappa shape index (κ1) is 66.4. The predicted octanol–water partition coefficient (Wildman–Crippen LogP) is 20.3. The minimum atomic E-state index is -0.764. The van der Waals surface area contributed by atoms with Crippen molar-refractivity contribution in [1.29, 1.82) is 0 Å². The second-order valence-electron chi connectivity index (χ2n) is 22.3. The normalized spacial score (nSPS) is 12.9. The van der Waals surface area contributed by atoms with Crippen LogP contribution in [0.15, 0.2) is 0 Å². The Labute approximate surface area is 425 Å². The largest absolute Gasteiger partial charge is 0.462 e. The van der Waals surface area contributed by atoms with Gasteiger partial charge in [0.2, 0.25) is 0 Å². The lowest BCUT2D eigenvalue weighted by molar-refractivity contribution is -0.167. The lowest BCUT2D eigenvalue weighted by Gasteiger charge is -2.18. The molecule has 6 nitrogen and oxygen atoms in total. The highest BCUT2D eigenvalue weighted by Gasteiger charge is 2.19. The first-order valence-electron chi connectivity index (χ1n) is 30.7. The van der Waals surface area contributed by atoms with Crippen molar-refractivity contribution in [3.05, 3.63) is 0 Å². The standard InChI is InChI=1S/C62H120O6/c1-7-57(5)49-43-37-31-27-23-19-15-11-9-10-12-16-21-25-29-33-41-47-53-62(65)68-59(55-67-61(64)52-46-40-35-34-38-44-50-58(6)8-2)54-66-60(63)51-45-39-32-28-24-20-17-13-14-18-22-26-30-36-42-48-56(3)4/h56-59H,7-55H2,1-6H3/t57?,58?,59-/m1/s1. The molecule has 0 fully saturated rings. The zero-order valence-electron chi connectivity index (χ0n) is 46.9. The Morgan fingerprint density at radius 3 is 0.765 bits per heavy atom. The highest BCUT2D eigenvalue weighted by atomic mass is 16.6. The van der Waals surface area contributed by atoms with Crippen LogP contribution in [-0.4, -0.2) is 37.2 Å². The van der Waals surface area contributed by atoms with Crippen molar-refractivity contribution < 1.29 is 28.6 Å². The van der Waals surface area contributed by atoms with Crippen LogP contribution in [0.4, 0.5) is 0 Å². The molecule has 0 aromatic heterocycles. The van der Waals surface area contributed by atoms with E-state index in [1.54, 1.807) is 0 Å². The molecule has 0 aliphatic carbocycles. The molecule has 0 heterocycles.